The van der Waals surface area contributed by atoms with Gasteiger partial charge in [0.05, 0.1) is 18.4 Å². The van der Waals surface area contributed by atoms with Crippen LogP contribution in [0.5, 0.6) is 11.5 Å². The highest BCUT2D eigenvalue weighted by Crippen LogP contribution is 2.21. The largest absolute Gasteiger partial charge is 0.456 e. The van der Waals surface area contributed by atoms with Crippen molar-refractivity contribution in [3.8, 4) is 17.2 Å². The van der Waals surface area contributed by atoms with Crippen LogP contribution in [0.4, 0.5) is 0 Å². The fraction of sp³-hybridized carbons (Fsp3) is 0.0500. The normalized spacial score (nSPS) is 10.7. The molecule has 2 heterocycles. The summed E-state index contributed by atoms with van der Waals surface area (Å²) in [7, 11) is 0. The first-order valence-electron chi connectivity index (χ1n) is 8.28. The van der Waals surface area contributed by atoms with Gasteiger partial charge in [-0.15, -0.1) is 5.10 Å². The Morgan fingerprint density at radius 2 is 1.70 bits per heavy atom. The minimum absolute atomic E-state index is 0.138. The van der Waals surface area contributed by atoms with E-state index < -0.39 is 0 Å². The van der Waals surface area contributed by atoms with E-state index in [1.807, 2.05) is 36.4 Å². The maximum atomic E-state index is 12.7. The Labute approximate surface area is 160 Å². The number of aromatic nitrogens is 4. The van der Waals surface area contributed by atoms with Crippen molar-refractivity contribution in [3.05, 3.63) is 100 Å². The molecule has 0 spiro atoms. The van der Waals surface area contributed by atoms with Gasteiger partial charge in [-0.3, -0.25) is 9.55 Å². The molecule has 0 atom stereocenters. The van der Waals surface area contributed by atoms with Gasteiger partial charge in [-0.25, -0.2) is 4.79 Å². The molecule has 4 aromatic rings. The maximum absolute atomic E-state index is 12.7. The highest BCUT2D eigenvalue weighted by Gasteiger charge is 2.13. The van der Waals surface area contributed by atoms with E-state index in [-0.39, 0.29) is 11.0 Å². The summed E-state index contributed by atoms with van der Waals surface area (Å²) in [5, 5.41) is 4.31. The number of nitrogens with zero attached hydrogens (tertiary/aromatic N) is 4. The number of halogens is 1. The van der Waals surface area contributed by atoms with Crippen molar-refractivity contribution in [1.29, 1.82) is 0 Å². The van der Waals surface area contributed by atoms with Crippen LogP contribution in [0.3, 0.4) is 0 Å². The SMILES string of the molecule is O=c1n(-c2ccc(Oc3cccnc3)cc2)nc(Cl)n1Cc1ccccc1. The summed E-state index contributed by atoms with van der Waals surface area (Å²) in [5.74, 6) is 1.27. The van der Waals surface area contributed by atoms with Gasteiger partial charge in [0, 0.05) is 6.20 Å². The molecule has 0 amide bonds. The van der Waals surface area contributed by atoms with E-state index in [4.69, 9.17) is 16.3 Å². The molecule has 0 saturated heterocycles. The van der Waals surface area contributed by atoms with Crippen molar-refractivity contribution in [2.45, 2.75) is 6.54 Å². The Balaban J connectivity index is 1.58. The molecular formula is C20H15ClN4O2. The Bertz CT molecular complexity index is 1090. The minimum atomic E-state index is -0.301. The first-order chi connectivity index (χ1) is 13.2. The maximum Gasteiger partial charge on any atom is 0.352 e. The van der Waals surface area contributed by atoms with Crippen LogP contribution in [-0.2, 0) is 6.54 Å². The zero-order valence-electron chi connectivity index (χ0n) is 14.2. The van der Waals surface area contributed by atoms with Crippen molar-refractivity contribution in [2.75, 3.05) is 0 Å². The Kier molecular flexibility index (Phi) is 4.72. The van der Waals surface area contributed by atoms with Gasteiger partial charge in [0.25, 0.3) is 0 Å². The Morgan fingerprint density at radius 1 is 0.926 bits per heavy atom. The molecule has 0 radical (unpaired) electrons. The molecule has 134 valence electrons. The first-order valence-corrected chi connectivity index (χ1v) is 8.66. The van der Waals surface area contributed by atoms with Crippen LogP contribution in [0.2, 0.25) is 5.28 Å². The van der Waals surface area contributed by atoms with Gasteiger partial charge in [0.1, 0.15) is 11.5 Å². The van der Waals surface area contributed by atoms with Crippen molar-refractivity contribution in [2.24, 2.45) is 0 Å². The predicted octanol–water partition coefficient (Wildman–Crippen LogP) is 3.92. The third-order valence-electron chi connectivity index (χ3n) is 3.95. The molecular weight excluding hydrogens is 364 g/mol. The van der Waals surface area contributed by atoms with Crippen LogP contribution in [0.1, 0.15) is 5.56 Å². The molecule has 6 nitrogen and oxygen atoms in total. The number of hydrogen-bond donors (Lipinski definition) is 0. The van der Waals surface area contributed by atoms with E-state index in [2.05, 4.69) is 10.1 Å². The second-order valence-corrected chi connectivity index (χ2v) is 6.16. The lowest BCUT2D eigenvalue weighted by molar-refractivity contribution is 0.480. The molecule has 0 aliphatic rings. The molecule has 2 aromatic heterocycles. The Hall–Kier alpha value is -3.38. The highest BCUT2D eigenvalue weighted by atomic mass is 35.5. The predicted molar refractivity (Wildman–Crippen MR) is 103 cm³/mol. The molecule has 0 aliphatic carbocycles. The summed E-state index contributed by atoms with van der Waals surface area (Å²) < 4.78 is 8.41. The van der Waals surface area contributed by atoms with E-state index in [1.54, 1.807) is 42.7 Å². The van der Waals surface area contributed by atoms with E-state index >= 15 is 0 Å². The van der Waals surface area contributed by atoms with Gasteiger partial charge in [-0.05, 0) is 53.6 Å². The summed E-state index contributed by atoms with van der Waals surface area (Å²) in [4.78, 5) is 16.7. The van der Waals surface area contributed by atoms with E-state index in [1.165, 1.54) is 9.25 Å². The summed E-state index contributed by atoms with van der Waals surface area (Å²) in [6, 6.07) is 20.3. The molecule has 27 heavy (non-hydrogen) atoms. The zero-order chi connectivity index (χ0) is 18.6. The molecule has 0 N–H and O–H groups in total. The van der Waals surface area contributed by atoms with Gasteiger partial charge < -0.3 is 4.74 Å². The number of pyridine rings is 1. The second kappa shape index (κ2) is 7.47. The van der Waals surface area contributed by atoms with E-state index in [9.17, 15) is 4.79 Å². The summed E-state index contributed by atoms with van der Waals surface area (Å²) >= 11 is 6.19. The number of hydrogen-bond acceptors (Lipinski definition) is 4. The average molecular weight is 379 g/mol. The van der Waals surface area contributed by atoms with Crippen molar-refractivity contribution in [1.82, 2.24) is 19.3 Å². The van der Waals surface area contributed by atoms with Gasteiger partial charge >= 0.3 is 5.69 Å². The zero-order valence-corrected chi connectivity index (χ0v) is 15.0. The van der Waals surface area contributed by atoms with Crippen LogP contribution in [0, 0.1) is 0 Å². The fourth-order valence-electron chi connectivity index (χ4n) is 2.64. The third kappa shape index (κ3) is 3.75. The smallest absolute Gasteiger partial charge is 0.352 e. The number of benzene rings is 2. The third-order valence-corrected chi connectivity index (χ3v) is 4.23. The Morgan fingerprint density at radius 3 is 2.41 bits per heavy atom. The highest BCUT2D eigenvalue weighted by molar-refractivity contribution is 6.28. The number of ether oxygens (including phenoxy) is 1. The number of rotatable bonds is 5. The lowest BCUT2D eigenvalue weighted by Crippen LogP contribution is -2.24. The molecule has 0 fully saturated rings. The molecule has 4 rings (SSSR count). The first kappa shape index (κ1) is 17.1. The van der Waals surface area contributed by atoms with Crippen LogP contribution in [0.25, 0.3) is 5.69 Å². The second-order valence-electron chi connectivity index (χ2n) is 5.82. The molecule has 0 unspecified atom stereocenters. The molecule has 0 saturated carbocycles. The fourth-order valence-corrected chi connectivity index (χ4v) is 2.85. The van der Waals surface area contributed by atoms with Gasteiger partial charge in [-0.1, -0.05) is 30.3 Å². The van der Waals surface area contributed by atoms with E-state index in [0.29, 0.717) is 23.7 Å². The molecule has 7 heteroatoms. The van der Waals surface area contributed by atoms with E-state index in [0.717, 1.165) is 5.56 Å². The topological polar surface area (TPSA) is 61.9 Å². The minimum Gasteiger partial charge on any atom is -0.456 e. The van der Waals surface area contributed by atoms with Gasteiger partial charge in [0.15, 0.2) is 0 Å². The van der Waals surface area contributed by atoms with Gasteiger partial charge in [-0.2, -0.15) is 4.68 Å². The standard InChI is InChI=1S/C20H15ClN4O2/c21-19-23-25(20(26)24(19)14-15-5-2-1-3-6-15)16-8-10-17(11-9-16)27-18-7-4-12-22-13-18/h1-13H,14H2. The van der Waals surface area contributed by atoms with Crippen molar-refractivity contribution in [3.63, 3.8) is 0 Å². The van der Waals surface area contributed by atoms with Crippen molar-refractivity contribution >= 4 is 11.6 Å². The lowest BCUT2D eigenvalue weighted by atomic mass is 10.2. The monoisotopic (exact) mass is 378 g/mol. The van der Waals surface area contributed by atoms with Crippen molar-refractivity contribution < 1.29 is 4.74 Å². The summed E-state index contributed by atoms with van der Waals surface area (Å²) in [5.41, 5.74) is 1.28. The summed E-state index contributed by atoms with van der Waals surface area (Å²) in [6.07, 6.45) is 3.31. The van der Waals surface area contributed by atoms with Gasteiger partial charge in [0.2, 0.25) is 5.28 Å². The van der Waals surface area contributed by atoms with Crippen LogP contribution in [-0.4, -0.2) is 19.3 Å². The van der Waals surface area contributed by atoms with Crippen LogP contribution < -0.4 is 10.4 Å². The quantitative estimate of drug-likeness (QED) is 0.528. The molecule has 0 bridgehead atoms. The lowest BCUT2D eigenvalue weighted by Gasteiger charge is -2.06. The van der Waals surface area contributed by atoms with Crippen LogP contribution >= 0.6 is 11.6 Å². The van der Waals surface area contributed by atoms with Crippen LogP contribution in [0.15, 0.2) is 83.9 Å². The molecule has 2 aromatic carbocycles. The average Bonchev–Trinajstić information content (AvgIpc) is 2.98. The summed E-state index contributed by atoms with van der Waals surface area (Å²) in [6.45, 7) is 0.362. The molecule has 0 aliphatic heterocycles.